The molecule has 2 aliphatic rings. The molecule has 2 nitrogen and oxygen atoms in total. The van der Waals surface area contributed by atoms with Crippen LogP contribution in [0.1, 0.15) is 31.2 Å². The average molecular weight is 257 g/mol. The Morgan fingerprint density at radius 1 is 1.42 bits per heavy atom. The lowest BCUT2D eigenvalue weighted by molar-refractivity contribution is 0.0877. The van der Waals surface area contributed by atoms with Crippen molar-refractivity contribution in [3.8, 4) is 5.75 Å². The predicted octanol–water partition coefficient (Wildman–Crippen LogP) is 3.32. The number of likely N-dealkylation sites (tertiary alicyclic amines) is 1. The van der Waals surface area contributed by atoms with Crippen LogP contribution in [0.3, 0.4) is 0 Å². The van der Waals surface area contributed by atoms with E-state index in [1.54, 1.807) is 6.07 Å². The summed E-state index contributed by atoms with van der Waals surface area (Å²) in [6.07, 6.45) is 4.67. The molecule has 1 aliphatic carbocycles. The van der Waals surface area contributed by atoms with Gasteiger partial charge in [0.15, 0.2) is 0 Å². The lowest BCUT2D eigenvalue weighted by Crippen LogP contribution is -2.50. The number of phenols is 1. The largest absolute Gasteiger partial charge is 0.508 e. The second-order valence-electron chi connectivity index (χ2n) is 6.38. The number of allylic oxidation sites excluding steroid dienone is 1. The van der Waals surface area contributed by atoms with Gasteiger partial charge >= 0.3 is 0 Å². The van der Waals surface area contributed by atoms with Crippen LogP contribution in [-0.4, -0.2) is 30.1 Å². The first kappa shape index (κ1) is 12.7. The maximum absolute atomic E-state index is 9.82. The molecule has 3 rings (SSSR count). The molecule has 1 heterocycles. The molecule has 0 bridgehead atoms. The second-order valence-corrected chi connectivity index (χ2v) is 6.38. The van der Waals surface area contributed by atoms with Crippen LogP contribution in [0.25, 0.3) is 0 Å². The number of piperidine rings is 1. The number of aromatic hydroxyl groups is 1. The number of hydrogen-bond acceptors (Lipinski definition) is 2. The zero-order valence-corrected chi connectivity index (χ0v) is 11.7. The smallest absolute Gasteiger partial charge is 0.115 e. The summed E-state index contributed by atoms with van der Waals surface area (Å²) in [5, 5.41) is 9.82. The van der Waals surface area contributed by atoms with E-state index in [0.717, 1.165) is 13.0 Å². The van der Waals surface area contributed by atoms with E-state index >= 15 is 0 Å². The molecule has 0 amide bonds. The van der Waals surface area contributed by atoms with Gasteiger partial charge in [0.1, 0.15) is 5.75 Å². The summed E-state index contributed by atoms with van der Waals surface area (Å²) >= 11 is 0. The predicted molar refractivity (Wildman–Crippen MR) is 78.4 cm³/mol. The van der Waals surface area contributed by atoms with E-state index < -0.39 is 0 Å². The third-order valence-electron chi connectivity index (χ3n) is 5.09. The molecule has 19 heavy (non-hydrogen) atoms. The summed E-state index contributed by atoms with van der Waals surface area (Å²) in [6.45, 7) is 6.55. The van der Waals surface area contributed by atoms with Crippen molar-refractivity contribution in [3.05, 3.63) is 42.0 Å². The van der Waals surface area contributed by atoms with Gasteiger partial charge in [0.05, 0.1) is 0 Å². The van der Waals surface area contributed by atoms with Crippen LogP contribution in [0, 0.1) is 5.92 Å². The molecule has 2 atom stereocenters. The van der Waals surface area contributed by atoms with Crippen molar-refractivity contribution in [2.75, 3.05) is 20.1 Å². The SMILES string of the molecule is C=C1CC[C@H]2CN(C)CC[C@]2(c2cccc(O)c2)C1. The number of benzene rings is 1. The lowest BCUT2D eigenvalue weighted by Gasteiger charge is -2.51. The van der Waals surface area contributed by atoms with Crippen LogP contribution in [-0.2, 0) is 5.41 Å². The van der Waals surface area contributed by atoms with Crippen molar-refractivity contribution >= 4 is 0 Å². The van der Waals surface area contributed by atoms with Gasteiger partial charge in [-0.15, -0.1) is 0 Å². The number of rotatable bonds is 1. The minimum Gasteiger partial charge on any atom is -0.508 e. The van der Waals surface area contributed by atoms with Gasteiger partial charge in [-0.05, 0) is 62.9 Å². The van der Waals surface area contributed by atoms with E-state index in [-0.39, 0.29) is 5.41 Å². The van der Waals surface area contributed by atoms with E-state index in [0.29, 0.717) is 11.7 Å². The van der Waals surface area contributed by atoms with Gasteiger partial charge in [-0.3, -0.25) is 0 Å². The van der Waals surface area contributed by atoms with Gasteiger partial charge in [-0.25, -0.2) is 0 Å². The maximum atomic E-state index is 9.82. The van der Waals surface area contributed by atoms with Crippen LogP contribution in [0.4, 0.5) is 0 Å². The molecule has 1 N–H and O–H groups in total. The fourth-order valence-corrected chi connectivity index (χ4v) is 4.05. The van der Waals surface area contributed by atoms with Gasteiger partial charge in [-0.2, -0.15) is 0 Å². The lowest BCUT2D eigenvalue weighted by atomic mass is 9.58. The van der Waals surface area contributed by atoms with Crippen LogP contribution in [0.15, 0.2) is 36.4 Å². The quantitative estimate of drug-likeness (QED) is 0.780. The molecule has 1 saturated heterocycles. The number of nitrogens with zero attached hydrogens (tertiary/aromatic N) is 1. The van der Waals surface area contributed by atoms with Crippen LogP contribution < -0.4 is 0 Å². The van der Waals surface area contributed by atoms with Crippen molar-refractivity contribution in [3.63, 3.8) is 0 Å². The van der Waals surface area contributed by atoms with Crippen molar-refractivity contribution in [1.82, 2.24) is 4.90 Å². The summed E-state index contributed by atoms with van der Waals surface area (Å²) in [5.74, 6) is 1.08. The van der Waals surface area contributed by atoms with E-state index in [4.69, 9.17) is 0 Å². The molecule has 1 aliphatic heterocycles. The topological polar surface area (TPSA) is 23.5 Å². The standard InChI is InChI=1S/C17H23NO/c1-13-6-7-15-12-18(2)9-8-17(15,11-13)14-4-3-5-16(19)10-14/h3-5,10,15,19H,1,6-9,11-12H2,2H3/t15-,17+/m0/s1. The van der Waals surface area contributed by atoms with E-state index in [1.807, 2.05) is 12.1 Å². The van der Waals surface area contributed by atoms with E-state index in [1.165, 1.54) is 36.9 Å². The summed E-state index contributed by atoms with van der Waals surface area (Å²) in [7, 11) is 2.22. The second kappa shape index (κ2) is 4.68. The Bertz CT molecular complexity index is 496. The molecule has 2 fully saturated rings. The third-order valence-corrected chi connectivity index (χ3v) is 5.09. The zero-order chi connectivity index (χ0) is 13.5. The Morgan fingerprint density at radius 2 is 2.26 bits per heavy atom. The van der Waals surface area contributed by atoms with Crippen molar-refractivity contribution < 1.29 is 5.11 Å². The molecule has 102 valence electrons. The van der Waals surface area contributed by atoms with Crippen molar-refractivity contribution in [2.24, 2.45) is 5.92 Å². The molecule has 1 saturated carbocycles. The Hall–Kier alpha value is -1.28. The first-order chi connectivity index (χ1) is 9.10. The highest BCUT2D eigenvalue weighted by atomic mass is 16.3. The first-order valence-corrected chi connectivity index (χ1v) is 7.25. The minimum atomic E-state index is 0.209. The molecule has 0 aromatic heterocycles. The Labute approximate surface area is 115 Å². The monoisotopic (exact) mass is 257 g/mol. The zero-order valence-electron chi connectivity index (χ0n) is 11.7. The van der Waals surface area contributed by atoms with E-state index in [9.17, 15) is 5.11 Å². The third kappa shape index (κ3) is 2.18. The summed E-state index contributed by atoms with van der Waals surface area (Å²) < 4.78 is 0. The Balaban J connectivity index is 2.02. The highest BCUT2D eigenvalue weighted by Gasteiger charge is 2.45. The number of hydrogen-bond donors (Lipinski definition) is 1. The van der Waals surface area contributed by atoms with Gasteiger partial charge in [-0.1, -0.05) is 24.3 Å². The summed E-state index contributed by atoms with van der Waals surface area (Å²) in [6, 6.07) is 7.90. The van der Waals surface area contributed by atoms with Crippen LogP contribution in [0.2, 0.25) is 0 Å². The van der Waals surface area contributed by atoms with Gasteiger partial charge in [0.2, 0.25) is 0 Å². The normalized spacial score (nSPS) is 32.1. The molecule has 1 aromatic rings. The minimum absolute atomic E-state index is 0.209. The van der Waals surface area contributed by atoms with Gasteiger partial charge in [0, 0.05) is 12.0 Å². The Morgan fingerprint density at radius 3 is 3.05 bits per heavy atom. The highest BCUT2D eigenvalue weighted by molar-refractivity contribution is 5.37. The highest BCUT2D eigenvalue weighted by Crippen LogP contribution is 2.50. The first-order valence-electron chi connectivity index (χ1n) is 7.25. The molecule has 0 unspecified atom stereocenters. The van der Waals surface area contributed by atoms with Crippen molar-refractivity contribution in [1.29, 1.82) is 0 Å². The van der Waals surface area contributed by atoms with Crippen LogP contribution in [0.5, 0.6) is 5.75 Å². The van der Waals surface area contributed by atoms with E-state index in [2.05, 4.69) is 24.6 Å². The summed E-state index contributed by atoms with van der Waals surface area (Å²) in [4.78, 5) is 2.44. The molecular formula is C17H23NO. The molecule has 2 heteroatoms. The fourth-order valence-electron chi connectivity index (χ4n) is 4.05. The van der Waals surface area contributed by atoms with Gasteiger partial charge in [0.25, 0.3) is 0 Å². The molecular weight excluding hydrogens is 234 g/mol. The van der Waals surface area contributed by atoms with Crippen LogP contribution >= 0.6 is 0 Å². The van der Waals surface area contributed by atoms with Gasteiger partial charge < -0.3 is 10.0 Å². The Kier molecular flexibility index (Phi) is 3.14. The number of phenolic OH excluding ortho intramolecular Hbond substituents is 1. The van der Waals surface area contributed by atoms with Crippen molar-refractivity contribution in [2.45, 2.75) is 31.1 Å². The summed E-state index contributed by atoms with van der Waals surface area (Å²) in [5.41, 5.74) is 2.90. The average Bonchev–Trinajstić information content (AvgIpc) is 2.39. The maximum Gasteiger partial charge on any atom is 0.115 e. The molecule has 0 radical (unpaired) electrons. The molecule has 0 spiro atoms. The molecule has 1 aromatic carbocycles. The number of fused-ring (bicyclic) bond motifs is 1. The fraction of sp³-hybridized carbons (Fsp3) is 0.529.